The van der Waals surface area contributed by atoms with Crippen molar-refractivity contribution in [2.24, 2.45) is 0 Å². The molecule has 0 aromatic carbocycles. The third-order valence-electron chi connectivity index (χ3n) is 1.19. The van der Waals surface area contributed by atoms with E-state index in [4.69, 9.17) is 10.7 Å². The third kappa shape index (κ3) is 1.72. The standard InChI is InChI=1S/C5H7ClN2O2S/c1-3-5(11(6,9)10)8-4(2)7-3/h1-2H3,(H,7,8). The first-order valence-electron chi connectivity index (χ1n) is 2.89. The summed E-state index contributed by atoms with van der Waals surface area (Å²) in [6, 6.07) is 0. The van der Waals surface area contributed by atoms with Crippen LogP contribution in [0.25, 0.3) is 0 Å². The fraction of sp³-hybridized carbons (Fsp3) is 0.400. The second-order valence-electron chi connectivity index (χ2n) is 2.19. The SMILES string of the molecule is Cc1nc(S(=O)(=O)Cl)c(C)[nH]1. The molecule has 0 aliphatic heterocycles. The lowest BCUT2D eigenvalue weighted by Gasteiger charge is -1.88. The van der Waals surface area contributed by atoms with E-state index in [0.29, 0.717) is 11.5 Å². The Kier molecular flexibility index (Phi) is 1.94. The number of aromatic nitrogens is 2. The van der Waals surface area contributed by atoms with Gasteiger partial charge in [0.05, 0.1) is 5.69 Å². The lowest BCUT2D eigenvalue weighted by molar-refractivity contribution is 0.606. The molecule has 1 N–H and O–H groups in total. The Bertz CT molecular complexity index is 368. The fourth-order valence-corrected chi connectivity index (χ4v) is 1.94. The van der Waals surface area contributed by atoms with E-state index in [2.05, 4.69) is 9.97 Å². The Hall–Kier alpha value is -0.550. The molecule has 0 spiro atoms. The van der Waals surface area contributed by atoms with Gasteiger partial charge in [0.2, 0.25) is 0 Å². The van der Waals surface area contributed by atoms with Crippen LogP contribution in [0.3, 0.4) is 0 Å². The Morgan fingerprint density at radius 3 is 2.18 bits per heavy atom. The molecule has 6 heteroatoms. The van der Waals surface area contributed by atoms with Crippen molar-refractivity contribution in [2.75, 3.05) is 0 Å². The predicted molar refractivity (Wildman–Crippen MR) is 41.1 cm³/mol. The predicted octanol–water partition coefficient (Wildman–Crippen LogP) is 0.954. The van der Waals surface area contributed by atoms with Gasteiger partial charge in [-0.15, -0.1) is 0 Å². The normalized spacial score (nSPS) is 11.9. The van der Waals surface area contributed by atoms with Gasteiger partial charge >= 0.3 is 0 Å². The molecule has 0 saturated carbocycles. The lowest BCUT2D eigenvalue weighted by Crippen LogP contribution is -1.92. The van der Waals surface area contributed by atoms with Crippen LogP contribution in [-0.4, -0.2) is 18.4 Å². The van der Waals surface area contributed by atoms with Crippen LogP contribution in [0.15, 0.2) is 5.03 Å². The van der Waals surface area contributed by atoms with Gasteiger partial charge in [-0.05, 0) is 13.8 Å². The van der Waals surface area contributed by atoms with Gasteiger partial charge in [0.15, 0.2) is 5.03 Å². The van der Waals surface area contributed by atoms with E-state index in [9.17, 15) is 8.42 Å². The van der Waals surface area contributed by atoms with Crippen molar-refractivity contribution in [3.8, 4) is 0 Å². The first kappa shape index (κ1) is 8.55. The zero-order valence-electron chi connectivity index (χ0n) is 6.05. The Balaban J connectivity index is 3.36. The van der Waals surface area contributed by atoms with Crippen LogP contribution in [0.5, 0.6) is 0 Å². The third-order valence-corrected chi connectivity index (χ3v) is 2.49. The quantitative estimate of drug-likeness (QED) is 0.678. The highest BCUT2D eigenvalue weighted by Gasteiger charge is 2.16. The summed E-state index contributed by atoms with van der Waals surface area (Å²) in [5.74, 6) is 0.543. The van der Waals surface area contributed by atoms with Gasteiger partial charge in [0, 0.05) is 10.7 Å². The number of H-pyrrole nitrogens is 1. The highest BCUT2D eigenvalue weighted by Crippen LogP contribution is 2.15. The second kappa shape index (κ2) is 2.49. The maximum Gasteiger partial charge on any atom is 0.280 e. The summed E-state index contributed by atoms with van der Waals surface area (Å²) in [6.45, 7) is 3.27. The van der Waals surface area contributed by atoms with E-state index < -0.39 is 9.05 Å². The van der Waals surface area contributed by atoms with E-state index in [1.807, 2.05) is 0 Å². The van der Waals surface area contributed by atoms with Gasteiger partial charge < -0.3 is 4.98 Å². The molecule has 4 nitrogen and oxygen atoms in total. The zero-order chi connectivity index (χ0) is 8.65. The fourth-order valence-electron chi connectivity index (χ4n) is 0.826. The van der Waals surface area contributed by atoms with Crippen molar-refractivity contribution in [3.63, 3.8) is 0 Å². The van der Waals surface area contributed by atoms with Crippen molar-refractivity contribution in [1.82, 2.24) is 9.97 Å². The molecule has 0 fully saturated rings. The van der Waals surface area contributed by atoms with E-state index in [1.54, 1.807) is 13.8 Å². The summed E-state index contributed by atoms with van der Waals surface area (Å²) in [6.07, 6.45) is 0. The van der Waals surface area contributed by atoms with Crippen LogP contribution in [0, 0.1) is 13.8 Å². The van der Waals surface area contributed by atoms with E-state index in [-0.39, 0.29) is 5.03 Å². The van der Waals surface area contributed by atoms with Gasteiger partial charge in [-0.1, -0.05) is 0 Å². The minimum atomic E-state index is -3.68. The Morgan fingerprint density at radius 2 is 2.00 bits per heavy atom. The molecule has 0 amide bonds. The van der Waals surface area contributed by atoms with Crippen LogP contribution in [0.2, 0.25) is 0 Å². The van der Waals surface area contributed by atoms with Gasteiger partial charge in [-0.25, -0.2) is 13.4 Å². The van der Waals surface area contributed by atoms with Gasteiger partial charge in [0.1, 0.15) is 5.82 Å². The minimum absolute atomic E-state index is 0.0864. The van der Waals surface area contributed by atoms with Crippen molar-refractivity contribution in [1.29, 1.82) is 0 Å². The molecule has 0 radical (unpaired) electrons. The van der Waals surface area contributed by atoms with E-state index in [0.717, 1.165) is 0 Å². The monoisotopic (exact) mass is 194 g/mol. The highest BCUT2D eigenvalue weighted by atomic mass is 35.7. The summed E-state index contributed by atoms with van der Waals surface area (Å²) in [5.41, 5.74) is 0.470. The number of hydrogen-bond donors (Lipinski definition) is 1. The molecule has 0 aliphatic rings. The number of rotatable bonds is 1. The van der Waals surface area contributed by atoms with Crippen molar-refractivity contribution in [3.05, 3.63) is 11.5 Å². The molecule has 1 aromatic rings. The molecule has 0 unspecified atom stereocenters. The smallest absolute Gasteiger partial charge is 0.280 e. The highest BCUT2D eigenvalue weighted by molar-refractivity contribution is 8.13. The molecular formula is C5H7ClN2O2S. The van der Waals surface area contributed by atoms with Gasteiger partial charge in [-0.2, -0.15) is 0 Å². The van der Waals surface area contributed by atoms with Crippen LogP contribution in [0.4, 0.5) is 0 Å². The molecule has 1 rings (SSSR count). The first-order chi connectivity index (χ1) is 4.91. The number of halogens is 1. The molecular weight excluding hydrogens is 188 g/mol. The topological polar surface area (TPSA) is 62.8 Å². The number of imidazole rings is 1. The number of nitrogens with one attached hydrogen (secondary N) is 1. The molecule has 0 aliphatic carbocycles. The number of aromatic amines is 1. The van der Waals surface area contributed by atoms with Crippen LogP contribution < -0.4 is 0 Å². The van der Waals surface area contributed by atoms with Gasteiger partial charge in [-0.3, -0.25) is 0 Å². The molecule has 0 saturated heterocycles. The molecule has 62 valence electrons. The Morgan fingerprint density at radius 1 is 1.45 bits per heavy atom. The van der Waals surface area contributed by atoms with Crippen LogP contribution >= 0.6 is 10.7 Å². The number of nitrogens with zero attached hydrogens (tertiary/aromatic N) is 1. The molecule has 0 atom stereocenters. The molecule has 11 heavy (non-hydrogen) atoms. The summed E-state index contributed by atoms with van der Waals surface area (Å²) in [7, 11) is 1.38. The first-order valence-corrected chi connectivity index (χ1v) is 5.20. The summed E-state index contributed by atoms with van der Waals surface area (Å²) in [4.78, 5) is 6.45. The average Bonchev–Trinajstić information content (AvgIpc) is 2.08. The lowest BCUT2D eigenvalue weighted by atomic mass is 10.6. The van der Waals surface area contributed by atoms with Crippen LogP contribution in [0.1, 0.15) is 11.5 Å². The number of aryl methyl sites for hydroxylation is 2. The summed E-state index contributed by atoms with van der Waals surface area (Å²) >= 11 is 0. The average molecular weight is 195 g/mol. The maximum atomic E-state index is 10.7. The van der Waals surface area contributed by atoms with Crippen LogP contribution in [-0.2, 0) is 9.05 Å². The molecule has 0 bridgehead atoms. The summed E-state index contributed by atoms with van der Waals surface area (Å²) in [5, 5.41) is -0.0864. The minimum Gasteiger partial charge on any atom is -0.345 e. The van der Waals surface area contributed by atoms with E-state index in [1.165, 1.54) is 0 Å². The largest absolute Gasteiger partial charge is 0.345 e. The number of hydrogen-bond acceptors (Lipinski definition) is 3. The maximum absolute atomic E-state index is 10.7. The van der Waals surface area contributed by atoms with E-state index >= 15 is 0 Å². The molecule has 1 aromatic heterocycles. The van der Waals surface area contributed by atoms with Crippen molar-refractivity contribution in [2.45, 2.75) is 18.9 Å². The Labute approximate surface area is 69.0 Å². The second-order valence-corrected chi connectivity index (χ2v) is 4.67. The summed E-state index contributed by atoms with van der Waals surface area (Å²) < 4.78 is 21.5. The van der Waals surface area contributed by atoms with Crippen molar-refractivity contribution < 1.29 is 8.42 Å². The van der Waals surface area contributed by atoms with Gasteiger partial charge in [0.25, 0.3) is 9.05 Å². The van der Waals surface area contributed by atoms with Crippen molar-refractivity contribution >= 4 is 19.7 Å². The molecule has 1 heterocycles. The zero-order valence-corrected chi connectivity index (χ0v) is 7.62.